The van der Waals surface area contributed by atoms with E-state index >= 15 is 0 Å². The molecule has 0 spiro atoms. The third-order valence-electron chi connectivity index (χ3n) is 4.41. The monoisotopic (exact) mass is 373 g/mol. The standard InChI is InChI=1S/C19H24FN5S/c1-21-19(23-12-14-5-7-16(26-2)8-6-14)24-15-9-11-25(13-15)18-17(20)4-3-10-22-18/h3-8,10,15H,9,11-13H2,1-2H3,(H2,21,23,24). The van der Waals surface area contributed by atoms with Crippen LogP contribution >= 0.6 is 11.8 Å². The molecular weight excluding hydrogens is 349 g/mol. The number of aromatic nitrogens is 1. The first-order chi connectivity index (χ1) is 12.7. The highest BCUT2D eigenvalue weighted by Crippen LogP contribution is 2.20. The fraction of sp³-hybridized carbons (Fsp3) is 0.368. The number of anilines is 1. The molecule has 138 valence electrons. The minimum Gasteiger partial charge on any atom is -0.352 e. The van der Waals surface area contributed by atoms with Crippen LogP contribution in [0.1, 0.15) is 12.0 Å². The second-order valence-corrected chi connectivity index (χ2v) is 7.04. The predicted molar refractivity (Wildman–Crippen MR) is 106 cm³/mol. The molecule has 7 heteroatoms. The zero-order valence-corrected chi connectivity index (χ0v) is 15.9. The summed E-state index contributed by atoms with van der Waals surface area (Å²) in [5.74, 6) is 0.908. The van der Waals surface area contributed by atoms with Gasteiger partial charge in [-0.05, 0) is 42.5 Å². The molecule has 1 aliphatic heterocycles. The third-order valence-corrected chi connectivity index (χ3v) is 5.15. The molecule has 5 nitrogen and oxygen atoms in total. The Morgan fingerprint density at radius 1 is 1.35 bits per heavy atom. The predicted octanol–water partition coefficient (Wildman–Crippen LogP) is 2.89. The van der Waals surface area contributed by atoms with Gasteiger partial charge in [-0.25, -0.2) is 9.37 Å². The number of nitrogens with one attached hydrogen (secondary N) is 2. The molecule has 1 aliphatic rings. The van der Waals surface area contributed by atoms with E-state index in [1.165, 1.54) is 16.5 Å². The average Bonchev–Trinajstić information content (AvgIpc) is 3.14. The topological polar surface area (TPSA) is 52.6 Å². The number of hydrogen-bond donors (Lipinski definition) is 2. The van der Waals surface area contributed by atoms with Crippen molar-refractivity contribution in [3.63, 3.8) is 0 Å². The van der Waals surface area contributed by atoms with Gasteiger partial charge < -0.3 is 15.5 Å². The SMILES string of the molecule is CN=C(NCc1ccc(SC)cc1)NC1CCN(c2ncccc2F)C1. The Labute approximate surface area is 158 Å². The van der Waals surface area contributed by atoms with E-state index in [4.69, 9.17) is 0 Å². The molecule has 1 fully saturated rings. The van der Waals surface area contributed by atoms with Gasteiger partial charge in [-0.1, -0.05) is 12.1 Å². The van der Waals surface area contributed by atoms with E-state index in [-0.39, 0.29) is 11.9 Å². The van der Waals surface area contributed by atoms with Crippen molar-refractivity contribution in [3.8, 4) is 0 Å². The van der Waals surface area contributed by atoms with Crippen molar-refractivity contribution in [1.82, 2.24) is 15.6 Å². The maximum Gasteiger partial charge on any atom is 0.191 e. The van der Waals surface area contributed by atoms with E-state index in [1.54, 1.807) is 31.1 Å². The van der Waals surface area contributed by atoms with Gasteiger partial charge in [-0.2, -0.15) is 0 Å². The lowest BCUT2D eigenvalue weighted by molar-refractivity contribution is 0.612. The molecule has 1 atom stereocenters. The van der Waals surface area contributed by atoms with Gasteiger partial charge in [0.25, 0.3) is 0 Å². The first kappa shape index (κ1) is 18.5. The molecule has 2 N–H and O–H groups in total. The van der Waals surface area contributed by atoms with E-state index in [2.05, 4.69) is 51.1 Å². The van der Waals surface area contributed by atoms with E-state index in [9.17, 15) is 4.39 Å². The van der Waals surface area contributed by atoms with Crippen LogP contribution in [0.5, 0.6) is 0 Å². The molecule has 2 heterocycles. The van der Waals surface area contributed by atoms with Crippen molar-refractivity contribution in [2.24, 2.45) is 4.99 Å². The Bertz CT molecular complexity index is 750. The van der Waals surface area contributed by atoms with Crippen LogP contribution in [-0.2, 0) is 6.54 Å². The van der Waals surface area contributed by atoms with Crippen LogP contribution in [0.4, 0.5) is 10.2 Å². The van der Waals surface area contributed by atoms with Crippen LogP contribution in [0, 0.1) is 5.82 Å². The molecule has 2 aromatic rings. The van der Waals surface area contributed by atoms with E-state index in [0.29, 0.717) is 18.9 Å². The molecule has 0 radical (unpaired) electrons. The number of halogens is 1. The summed E-state index contributed by atoms with van der Waals surface area (Å²) in [5.41, 5.74) is 1.20. The normalized spacial score (nSPS) is 17.4. The van der Waals surface area contributed by atoms with Crippen LogP contribution in [0.15, 0.2) is 52.5 Å². The van der Waals surface area contributed by atoms with Crippen molar-refractivity contribution >= 4 is 23.5 Å². The van der Waals surface area contributed by atoms with Gasteiger partial charge in [0.05, 0.1) is 0 Å². The lowest BCUT2D eigenvalue weighted by atomic mass is 10.2. The van der Waals surface area contributed by atoms with Gasteiger partial charge in [0, 0.05) is 43.8 Å². The first-order valence-electron chi connectivity index (χ1n) is 8.65. The van der Waals surface area contributed by atoms with Crippen LogP contribution in [-0.4, -0.2) is 43.4 Å². The molecule has 0 amide bonds. The number of aliphatic imine (C=N–C) groups is 1. The molecule has 0 aliphatic carbocycles. The maximum absolute atomic E-state index is 13.9. The quantitative estimate of drug-likeness (QED) is 0.480. The summed E-state index contributed by atoms with van der Waals surface area (Å²) in [6, 6.07) is 11.7. The fourth-order valence-electron chi connectivity index (χ4n) is 3.00. The molecule has 1 unspecified atom stereocenters. The third kappa shape index (κ3) is 4.66. The molecule has 26 heavy (non-hydrogen) atoms. The largest absolute Gasteiger partial charge is 0.352 e. The lowest BCUT2D eigenvalue weighted by Gasteiger charge is -2.20. The summed E-state index contributed by atoms with van der Waals surface area (Å²) in [6.45, 7) is 2.19. The number of hydrogen-bond acceptors (Lipinski definition) is 4. The summed E-state index contributed by atoms with van der Waals surface area (Å²) >= 11 is 1.73. The van der Waals surface area contributed by atoms with E-state index < -0.39 is 0 Å². The van der Waals surface area contributed by atoms with Gasteiger partial charge in [-0.3, -0.25) is 4.99 Å². The highest BCUT2D eigenvalue weighted by atomic mass is 32.2. The van der Waals surface area contributed by atoms with Crippen molar-refractivity contribution in [2.75, 3.05) is 31.3 Å². The Hall–Kier alpha value is -2.28. The number of nitrogens with zero attached hydrogens (tertiary/aromatic N) is 3. The maximum atomic E-state index is 13.9. The summed E-state index contributed by atoms with van der Waals surface area (Å²) in [4.78, 5) is 11.7. The molecular formula is C19H24FN5S. The van der Waals surface area contributed by atoms with Crippen LogP contribution in [0.2, 0.25) is 0 Å². The molecule has 1 aromatic heterocycles. The fourth-order valence-corrected chi connectivity index (χ4v) is 3.41. The first-order valence-corrected chi connectivity index (χ1v) is 9.87. The number of rotatable bonds is 5. The minimum absolute atomic E-state index is 0.210. The van der Waals surface area contributed by atoms with Gasteiger partial charge in [0.2, 0.25) is 0 Å². The Balaban J connectivity index is 1.51. The Morgan fingerprint density at radius 2 is 2.15 bits per heavy atom. The minimum atomic E-state index is -0.274. The smallest absolute Gasteiger partial charge is 0.191 e. The number of guanidine groups is 1. The molecule has 0 saturated carbocycles. The molecule has 3 rings (SSSR count). The van der Waals surface area contributed by atoms with Crippen LogP contribution in [0.3, 0.4) is 0 Å². The van der Waals surface area contributed by atoms with Crippen molar-refractivity contribution in [1.29, 1.82) is 0 Å². The molecule has 1 aromatic carbocycles. The zero-order valence-electron chi connectivity index (χ0n) is 15.1. The molecule has 1 saturated heterocycles. The Kier molecular flexibility index (Phi) is 6.33. The van der Waals surface area contributed by atoms with E-state index in [0.717, 1.165) is 18.9 Å². The number of pyridine rings is 1. The average molecular weight is 374 g/mol. The van der Waals surface area contributed by atoms with Crippen molar-refractivity contribution in [3.05, 3.63) is 54.0 Å². The van der Waals surface area contributed by atoms with Crippen LogP contribution < -0.4 is 15.5 Å². The van der Waals surface area contributed by atoms with Gasteiger partial charge in [-0.15, -0.1) is 11.8 Å². The highest BCUT2D eigenvalue weighted by Gasteiger charge is 2.25. The van der Waals surface area contributed by atoms with Gasteiger partial charge in [0.15, 0.2) is 17.6 Å². The highest BCUT2D eigenvalue weighted by molar-refractivity contribution is 7.98. The summed E-state index contributed by atoms with van der Waals surface area (Å²) in [6.07, 6.45) is 4.61. The van der Waals surface area contributed by atoms with Gasteiger partial charge in [0.1, 0.15) is 0 Å². The van der Waals surface area contributed by atoms with Crippen molar-refractivity contribution < 1.29 is 4.39 Å². The zero-order chi connectivity index (χ0) is 18.4. The van der Waals surface area contributed by atoms with Crippen molar-refractivity contribution in [2.45, 2.75) is 23.9 Å². The summed E-state index contributed by atoms with van der Waals surface area (Å²) in [7, 11) is 1.76. The second kappa shape index (κ2) is 8.89. The Morgan fingerprint density at radius 3 is 2.85 bits per heavy atom. The molecule has 0 bridgehead atoms. The van der Waals surface area contributed by atoms with E-state index in [1.807, 2.05) is 4.90 Å². The summed E-state index contributed by atoms with van der Waals surface area (Å²) in [5, 5.41) is 6.76. The van der Waals surface area contributed by atoms with Gasteiger partial charge >= 0.3 is 0 Å². The number of thioether (sulfide) groups is 1. The second-order valence-electron chi connectivity index (χ2n) is 6.16. The van der Waals surface area contributed by atoms with Crippen LogP contribution in [0.25, 0.3) is 0 Å². The lowest BCUT2D eigenvalue weighted by Crippen LogP contribution is -2.44. The summed E-state index contributed by atoms with van der Waals surface area (Å²) < 4.78 is 13.9. The number of benzene rings is 1.